The number of aliphatic carboxylic acids is 1. The number of amides is 1. The maximum Gasteiger partial charge on any atom is 0.329 e. The van der Waals surface area contributed by atoms with Crippen LogP contribution in [-0.2, 0) is 15.3 Å². The van der Waals surface area contributed by atoms with Gasteiger partial charge in [-0.2, -0.15) is 0 Å². The van der Waals surface area contributed by atoms with Crippen LogP contribution in [0.5, 0.6) is 0 Å². The molecule has 1 aromatic heterocycles. The number of carbonyl (C=O) groups is 2. The summed E-state index contributed by atoms with van der Waals surface area (Å²) in [6.45, 7) is 5.83. The minimum Gasteiger partial charge on any atom is -0.480 e. The number of nitrogens with zero attached hydrogens (tertiary/aromatic N) is 1. The number of hydrogen-bond acceptors (Lipinski definition) is 5. The van der Waals surface area contributed by atoms with Crippen LogP contribution in [0.4, 0.5) is 0 Å². The number of hydrogen-bond donors (Lipinski definition) is 2. The molecule has 128 valence electrons. The average Bonchev–Trinajstić information content (AvgIpc) is 2.81. The van der Waals surface area contributed by atoms with Crippen molar-refractivity contribution < 1.29 is 19.2 Å². The lowest BCUT2D eigenvalue weighted by atomic mass is 9.77. The van der Waals surface area contributed by atoms with Gasteiger partial charge in [0.15, 0.2) is 0 Å². The molecular weight excluding hydrogens is 316 g/mol. The number of nitrogens with one attached hydrogen (secondary N) is 1. The predicted octanol–water partition coefficient (Wildman–Crippen LogP) is 2.67. The minimum atomic E-state index is -1.09. The average molecular weight is 340 g/mol. The van der Waals surface area contributed by atoms with Crippen molar-refractivity contribution in [1.82, 2.24) is 10.5 Å². The van der Waals surface area contributed by atoms with Gasteiger partial charge in [-0.05, 0) is 45.4 Å². The highest BCUT2D eigenvalue weighted by atomic mass is 32.2. The molecule has 0 atom stereocenters. The highest BCUT2D eigenvalue weighted by Gasteiger charge is 2.42. The van der Waals surface area contributed by atoms with Crippen LogP contribution in [0.15, 0.2) is 4.52 Å². The van der Waals surface area contributed by atoms with Crippen molar-refractivity contribution in [1.29, 1.82) is 0 Å². The molecule has 0 bridgehead atoms. The minimum absolute atomic E-state index is 0.223. The van der Waals surface area contributed by atoms with Gasteiger partial charge >= 0.3 is 5.97 Å². The van der Waals surface area contributed by atoms with E-state index in [0.717, 1.165) is 29.9 Å². The van der Waals surface area contributed by atoms with E-state index in [1.54, 1.807) is 0 Å². The Kier molecular flexibility index (Phi) is 5.73. The van der Waals surface area contributed by atoms with Crippen LogP contribution in [0.25, 0.3) is 0 Å². The molecule has 0 saturated heterocycles. The van der Waals surface area contributed by atoms with Crippen LogP contribution in [-0.4, -0.2) is 33.4 Å². The first kappa shape index (κ1) is 17.8. The van der Waals surface area contributed by atoms with Crippen molar-refractivity contribution in [2.45, 2.75) is 57.7 Å². The second-order valence-electron chi connectivity index (χ2n) is 6.41. The molecule has 0 radical (unpaired) electrons. The SMILES string of the molecule is Cc1noc(C)c1CSCC(=O)NC1(C(=O)O)CCC(C)CC1. The number of thioether (sulfide) groups is 1. The predicted molar refractivity (Wildman–Crippen MR) is 88.3 cm³/mol. The summed E-state index contributed by atoms with van der Waals surface area (Å²) in [4.78, 5) is 23.8. The molecule has 23 heavy (non-hydrogen) atoms. The van der Waals surface area contributed by atoms with Crippen molar-refractivity contribution in [2.24, 2.45) is 5.92 Å². The molecule has 2 N–H and O–H groups in total. The van der Waals surface area contributed by atoms with Crippen molar-refractivity contribution >= 4 is 23.6 Å². The molecule has 1 amide bonds. The molecule has 1 aromatic rings. The standard InChI is InChI=1S/C16H24N2O4S/c1-10-4-6-16(7-5-10,15(20)21)17-14(19)9-23-8-13-11(2)18-22-12(13)3/h10H,4-9H2,1-3H3,(H,17,19)(H,20,21). The van der Waals surface area contributed by atoms with Crippen molar-refractivity contribution in [3.05, 3.63) is 17.0 Å². The van der Waals surface area contributed by atoms with Crippen LogP contribution in [0.3, 0.4) is 0 Å². The molecule has 1 aliphatic rings. The highest BCUT2D eigenvalue weighted by molar-refractivity contribution is 7.99. The Balaban J connectivity index is 1.87. The van der Waals surface area contributed by atoms with Crippen molar-refractivity contribution in [3.8, 4) is 0 Å². The molecule has 0 spiro atoms. The zero-order chi connectivity index (χ0) is 17.0. The zero-order valence-corrected chi connectivity index (χ0v) is 14.7. The normalized spacial score (nSPS) is 24.4. The fraction of sp³-hybridized carbons (Fsp3) is 0.688. The number of carboxylic acid groups (broad SMARTS) is 1. The van der Waals surface area contributed by atoms with Gasteiger partial charge < -0.3 is 14.9 Å². The molecule has 7 heteroatoms. The maximum absolute atomic E-state index is 12.2. The van der Waals surface area contributed by atoms with E-state index >= 15 is 0 Å². The molecule has 1 aliphatic carbocycles. The largest absolute Gasteiger partial charge is 0.480 e. The topological polar surface area (TPSA) is 92.4 Å². The summed E-state index contributed by atoms with van der Waals surface area (Å²) in [5, 5.41) is 16.2. The van der Waals surface area contributed by atoms with Crippen LogP contribution in [0.2, 0.25) is 0 Å². The van der Waals surface area contributed by atoms with Gasteiger partial charge in [-0.3, -0.25) is 4.79 Å². The summed E-state index contributed by atoms with van der Waals surface area (Å²) in [6, 6.07) is 0. The number of carbonyl (C=O) groups excluding carboxylic acids is 1. The summed E-state index contributed by atoms with van der Waals surface area (Å²) in [7, 11) is 0. The van der Waals surface area contributed by atoms with Crippen LogP contribution in [0, 0.1) is 19.8 Å². The third-order valence-electron chi connectivity index (χ3n) is 4.58. The molecule has 1 fully saturated rings. The van der Waals surface area contributed by atoms with E-state index in [0.29, 0.717) is 24.5 Å². The number of carboxylic acids is 1. The van der Waals surface area contributed by atoms with Gasteiger partial charge in [0, 0.05) is 11.3 Å². The van der Waals surface area contributed by atoms with E-state index in [4.69, 9.17) is 4.52 Å². The molecule has 1 heterocycles. The Bertz CT molecular complexity index is 557. The number of aromatic nitrogens is 1. The lowest BCUT2D eigenvalue weighted by molar-refractivity contribution is -0.149. The smallest absolute Gasteiger partial charge is 0.329 e. The summed E-state index contributed by atoms with van der Waals surface area (Å²) in [5.74, 6) is 1.000. The monoisotopic (exact) mass is 340 g/mol. The zero-order valence-electron chi connectivity index (χ0n) is 13.8. The fourth-order valence-electron chi connectivity index (χ4n) is 2.90. The van der Waals surface area contributed by atoms with Crippen molar-refractivity contribution in [3.63, 3.8) is 0 Å². The van der Waals surface area contributed by atoms with E-state index in [9.17, 15) is 14.7 Å². The summed E-state index contributed by atoms with van der Waals surface area (Å²) in [6.07, 6.45) is 2.67. The van der Waals surface area contributed by atoms with Gasteiger partial charge in [-0.15, -0.1) is 11.8 Å². The van der Waals surface area contributed by atoms with Gasteiger partial charge in [-0.1, -0.05) is 12.1 Å². The Hall–Kier alpha value is -1.50. The Morgan fingerprint density at radius 1 is 1.39 bits per heavy atom. The van der Waals surface area contributed by atoms with Gasteiger partial charge in [0.2, 0.25) is 5.91 Å². The summed E-state index contributed by atoms with van der Waals surface area (Å²) in [5.41, 5.74) is 0.744. The second-order valence-corrected chi connectivity index (χ2v) is 7.40. The van der Waals surface area contributed by atoms with Crippen LogP contribution < -0.4 is 5.32 Å². The Morgan fingerprint density at radius 2 is 2.04 bits per heavy atom. The van der Waals surface area contributed by atoms with E-state index in [1.165, 1.54) is 11.8 Å². The van der Waals surface area contributed by atoms with Gasteiger partial charge in [0.05, 0.1) is 11.4 Å². The first-order valence-corrected chi connectivity index (χ1v) is 9.03. The van der Waals surface area contributed by atoms with E-state index in [2.05, 4.69) is 17.4 Å². The maximum atomic E-state index is 12.2. The molecule has 0 aromatic carbocycles. The first-order chi connectivity index (χ1) is 10.8. The fourth-order valence-corrected chi connectivity index (χ4v) is 3.88. The lowest BCUT2D eigenvalue weighted by Gasteiger charge is -2.36. The molecule has 0 unspecified atom stereocenters. The molecule has 6 nitrogen and oxygen atoms in total. The van der Waals surface area contributed by atoms with Gasteiger partial charge in [-0.25, -0.2) is 4.79 Å². The Morgan fingerprint density at radius 3 is 2.57 bits per heavy atom. The summed E-state index contributed by atoms with van der Waals surface area (Å²) < 4.78 is 5.09. The molecular formula is C16H24N2O4S. The quantitative estimate of drug-likeness (QED) is 0.827. The van der Waals surface area contributed by atoms with E-state index < -0.39 is 11.5 Å². The number of aryl methyl sites for hydroxylation is 2. The first-order valence-electron chi connectivity index (χ1n) is 7.88. The Labute approximate surface area is 140 Å². The third kappa shape index (κ3) is 4.28. The molecule has 2 rings (SSSR count). The lowest BCUT2D eigenvalue weighted by Crippen LogP contribution is -2.56. The van der Waals surface area contributed by atoms with E-state index in [1.807, 2.05) is 13.8 Å². The van der Waals surface area contributed by atoms with Gasteiger partial charge in [0.25, 0.3) is 0 Å². The molecule has 1 saturated carbocycles. The van der Waals surface area contributed by atoms with Crippen molar-refractivity contribution in [2.75, 3.05) is 5.75 Å². The van der Waals surface area contributed by atoms with E-state index in [-0.39, 0.29) is 11.7 Å². The highest BCUT2D eigenvalue weighted by Crippen LogP contribution is 2.32. The molecule has 0 aliphatic heterocycles. The number of rotatable bonds is 6. The summed E-state index contributed by atoms with van der Waals surface area (Å²) >= 11 is 1.44. The van der Waals surface area contributed by atoms with Crippen LogP contribution in [0.1, 0.15) is 49.6 Å². The second kappa shape index (κ2) is 7.38. The third-order valence-corrected chi connectivity index (χ3v) is 5.54. The van der Waals surface area contributed by atoms with Gasteiger partial charge in [0.1, 0.15) is 11.3 Å². The van der Waals surface area contributed by atoms with Crippen LogP contribution >= 0.6 is 11.8 Å².